The molecule has 2 rings (SSSR count). The lowest BCUT2D eigenvalue weighted by molar-refractivity contribution is 0.0781. The van der Waals surface area contributed by atoms with Gasteiger partial charge in [-0.2, -0.15) is 0 Å². The third-order valence-corrected chi connectivity index (χ3v) is 2.40. The normalized spacial score (nSPS) is 11.1. The topological polar surface area (TPSA) is 37.5 Å². The van der Waals surface area contributed by atoms with Crippen LogP contribution in [0.3, 0.4) is 0 Å². The van der Waals surface area contributed by atoms with Crippen molar-refractivity contribution >= 4 is 5.65 Å². The smallest absolute Gasteiger partial charge is 0.136 e. The Balaban J connectivity index is 0.000000606. The molecule has 0 atom stereocenters. The predicted octanol–water partition coefficient (Wildman–Crippen LogP) is 2.90. The first kappa shape index (κ1) is 12.7. The summed E-state index contributed by atoms with van der Waals surface area (Å²) >= 11 is 0. The molecule has 88 valence electrons. The number of hydrogen-bond donors (Lipinski definition) is 1. The molecule has 2 aromatic rings. The van der Waals surface area contributed by atoms with Crippen LogP contribution in [0.25, 0.3) is 5.65 Å². The first-order chi connectivity index (χ1) is 7.48. The zero-order valence-electron chi connectivity index (χ0n) is 10.7. The maximum Gasteiger partial charge on any atom is 0.136 e. The Labute approximate surface area is 96.8 Å². The molecule has 0 aromatic carbocycles. The van der Waals surface area contributed by atoms with Crippen molar-refractivity contribution in [3.63, 3.8) is 0 Å². The molecule has 0 saturated heterocycles. The summed E-state index contributed by atoms with van der Waals surface area (Å²) in [5, 5.41) is 9.84. The maximum atomic E-state index is 9.84. The Morgan fingerprint density at radius 2 is 1.88 bits per heavy atom. The molecule has 0 aliphatic heterocycles. The molecule has 0 saturated carbocycles. The molecule has 0 bridgehead atoms. The van der Waals surface area contributed by atoms with Gasteiger partial charge in [-0.25, -0.2) is 4.98 Å². The standard InChI is InChI=1S/C11H14N2O.C2H6/c1-8-6-12-10-5-4-9(7-13(8)10)11(2,3)14;1-2/h4-7,14H,1-3H3;1-2H3. The van der Waals surface area contributed by atoms with Crippen LogP contribution in [-0.2, 0) is 5.60 Å². The lowest BCUT2D eigenvalue weighted by Gasteiger charge is -2.17. The Hall–Kier alpha value is -1.35. The number of imidazole rings is 1. The molecule has 16 heavy (non-hydrogen) atoms. The van der Waals surface area contributed by atoms with Gasteiger partial charge in [0.15, 0.2) is 0 Å². The number of aryl methyl sites for hydroxylation is 1. The van der Waals surface area contributed by atoms with Crippen LogP contribution in [0.4, 0.5) is 0 Å². The van der Waals surface area contributed by atoms with Crippen LogP contribution in [0.15, 0.2) is 24.5 Å². The van der Waals surface area contributed by atoms with E-state index in [1.165, 1.54) is 0 Å². The summed E-state index contributed by atoms with van der Waals surface area (Å²) in [5.41, 5.74) is 2.08. The summed E-state index contributed by atoms with van der Waals surface area (Å²) in [6, 6.07) is 3.82. The number of aliphatic hydroxyl groups is 1. The van der Waals surface area contributed by atoms with Crippen LogP contribution >= 0.6 is 0 Å². The molecule has 3 heteroatoms. The van der Waals surface area contributed by atoms with Gasteiger partial charge in [-0.05, 0) is 32.4 Å². The minimum Gasteiger partial charge on any atom is -0.386 e. The minimum absolute atomic E-state index is 0.801. The number of aromatic nitrogens is 2. The monoisotopic (exact) mass is 220 g/mol. The van der Waals surface area contributed by atoms with E-state index in [0.29, 0.717) is 0 Å². The third kappa shape index (κ3) is 2.42. The second-order valence-electron chi connectivity index (χ2n) is 4.10. The molecular weight excluding hydrogens is 200 g/mol. The van der Waals surface area contributed by atoms with Crippen molar-refractivity contribution in [3.05, 3.63) is 35.8 Å². The van der Waals surface area contributed by atoms with Gasteiger partial charge in [-0.15, -0.1) is 0 Å². The second-order valence-corrected chi connectivity index (χ2v) is 4.10. The third-order valence-electron chi connectivity index (χ3n) is 2.40. The Morgan fingerprint density at radius 3 is 2.44 bits per heavy atom. The van der Waals surface area contributed by atoms with Gasteiger partial charge in [0, 0.05) is 18.1 Å². The number of pyridine rings is 1. The number of hydrogen-bond acceptors (Lipinski definition) is 2. The summed E-state index contributed by atoms with van der Waals surface area (Å²) in [5.74, 6) is 0. The first-order valence-corrected chi connectivity index (χ1v) is 5.65. The highest BCUT2D eigenvalue weighted by Crippen LogP contribution is 2.20. The summed E-state index contributed by atoms with van der Waals surface area (Å²) in [6.45, 7) is 9.55. The average molecular weight is 220 g/mol. The van der Waals surface area contributed by atoms with Crippen molar-refractivity contribution in [2.24, 2.45) is 0 Å². The largest absolute Gasteiger partial charge is 0.386 e. The van der Waals surface area contributed by atoms with Crippen molar-refractivity contribution in [1.29, 1.82) is 0 Å². The van der Waals surface area contributed by atoms with Crippen molar-refractivity contribution in [3.8, 4) is 0 Å². The molecule has 0 amide bonds. The lowest BCUT2D eigenvalue weighted by Crippen LogP contribution is -2.16. The van der Waals surface area contributed by atoms with E-state index in [0.717, 1.165) is 16.9 Å². The summed E-state index contributed by atoms with van der Waals surface area (Å²) in [7, 11) is 0. The lowest BCUT2D eigenvalue weighted by atomic mass is 10.0. The van der Waals surface area contributed by atoms with Gasteiger partial charge in [-0.3, -0.25) is 0 Å². The highest BCUT2D eigenvalue weighted by molar-refractivity contribution is 5.42. The van der Waals surface area contributed by atoms with E-state index in [4.69, 9.17) is 0 Å². The van der Waals surface area contributed by atoms with Gasteiger partial charge in [0.25, 0.3) is 0 Å². The molecule has 0 spiro atoms. The predicted molar refractivity (Wildman–Crippen MR) is 66.5 cm³/mol. The molecule has 1 N–H and O–H groups in total. The van der Waals surface area contributed by atoms with E-state index in [2.05, 4.69) is 4.98 Å². The molecule has 0 unspecified atom stereocenters. The zero-order chi connectivity index (χ0) is 12.3. The fraction of sp³-hybridized carbons (Fsp3) is 0.462. The number of fused-ring (bicyclic) bond motifs is 1. The van der Waals surface area contributed by atoms with E-state index >= 15 is 0 Å². The van der Waals surface area contributed by atoms with Crippen LogP contribution < -0.4 is 0 Å². The molecule has 2 aromatic heterocycles. The van der Waals surface area contributed by atoms with Gasteiger partial charge in [0.05, 0.1) is 5.60 Å². The van der Waals surface area contributed by atoms with Crippen LogP contribution in [-0.4, -0.2) is 14.5 Å². The van der Waals surface area contributed by atoms with Crippen LogP contribution in [0.2, 0.25) is 0 Å². The van der Waals surface area contributed by atoms with Gasteiger partial charge >= 0.3 is 0 Å². The quantitative estimate of drug-likeness (QED) is 0.802. The Morgan fingerprint density at radius 1 is 1.25 bits per heavy atom. The summed E-state index contributed by atoms with van der Waals surface area (Å²) in [4.78, 5) is 4.22. The fourth-order valence-corrected chi connectivity index (χ4v) is 1.46. The highest BCUT2D eigenvalue weighted by atomic mass is 16.3. The summed E-state index contributed by atoms with van der Waals surface area (Å²) < 4.78 is 1.98. The van der Waals surface area contributed by atoms with Crippen LogP contribution in [0, 0.1) is 6.92 Å². The van der Waals surface area contributed by atoms with Crippen LogP contribution in [0.1, 0.15) is 39.0 Å². The molecule has 0 radical (unpaired) electrons. The van der Waals surface area contributed by atoms with E-state index in [9.17, 15) is 5.11 Å². The van der Waals surface area contributed by atoms with E-state index in [1.807, 2.05) is 49.7 Å². The van der Waals surface area contributed by atoms with Crippen molar-refractivity contribution in [2.75, 3.05) is 0 Å². The van der Waals surface area contributed by atoms with Gasteiger partial charge < -0.3 is 9.51 Å². The van der Waals surface area contributed by atoms with Crippen molar-refractivity contribution in [1.82, 2.24) is 9.38 Å². The molecule has 2 heterocycles. The molecule has 0 aliphatic rings. The first-order valence-electron chi connectivity index (χ1n) is 5.65. The van der Waals surface area contributed by atoms with E-state index in [1.54, 1.807) is 13.8 Å². The molecule has 3 nitrogen and oxygen atoms in total. The van der Waals surface area contributed by atoms with Crippen molar-refractivity contribution < 1.29 is 5.11 Å². The zero-order valence-corrected chi connectivity index (χ0v) is 10.7. The molecular formula is C13H20N2O. The van der Waals surface area contributed by atoms with Crippen molar-refractivity contribution in [2.45, 2.75) is 40.2 Å². The fourth-order valence-electron chi connectivity index (χ4n) is 1.46. The summed E-state index contributed by atoms with van der Waals surface area (Å²) in [6.07, 6.45) is 3.75. The van der Waals surface area contributed by atoms with Gasteiger partial charge in [0.1, 0.15) is 5.65 Å². The number of nitrogens with zero attached hydrogens (tertiary/aromatic N) is 2. The van der Waals surface area contributed by atoms with E-state index in [-0.39, 0.29) is 0 Å². The number of rotatable bonds is 1. The van der Waals surface area contributed by atoms with Gasteiger partial charge in [-0.1, -0.05) is 19.9 Å². The van der Waals surface area contributed by atoms with E-state index < -0.39 is 5.60 Å². The molecule has 0 aliphatic carbocycles. The SMILES string of the molecule is CC.Cc1cnc2ccc(C(C)(C)O)cn12. The average Bonchev–Trinajstić information content (AvgIpc) is 2.62. The highest BCUT2D eigenvalue weighted by Gasteiger charge is 2.16. The van der Waals surface area contributed by atoms with Gasteiger partial charge in [0.2, 0.25) is 0 Å². The minimum atomic E-state index is -0.801. The Kier molecular flexibility index (Phi) is 3.70. The second kappa shape index (κ2) is 4.66. The molecule has 0 fully saturated rings. The Bertz CT molecular complexity index is 466. The maximum absolute atomic E-state index is 9.84. The van der Waals surface area contributed by atoms with Crippen LogP contribution in [0.5, 0.6) is 0 Å².